The molecular weight excluding hydrogens is 319 g/mol. The largest absolute Gasteiger partial charge is 0.496 e. The van der Waals surface area contributed by atoms with Gasteiger partial charge in [-0.3, -0.25) is 4.98 Å². The van der Waals surface area contributed by atoms with Crippen LogP contribution in [-0.2, 0) is 22.5 Å². The van der Waals surface area contributed by atoms with E-state index in [1.54, 1.807) is 24.5 Å². The summed E-state index contributed by atoms with van der Waals surface area (Å²) in [5.74, 6) is 0.520. The van der Waals surface area contributed by atoms with E-state index in [4.69, 9.17) is 19.2 Å². The number of hydrogen-bond donors (Lipinski definition) is 1. The Kier molecular flexibility index (Phi) is 4.82. The van der Waals surface area contributed by atoms with Gasteiger partial charge in [0.2, 0.25) is 5.88 Å². The van der Waals surface area contributed by atoms with Crippen LogP contribution in [0.2, 0.25) is 0 Å². The van der Waals surface area contributed by atoms with Crippen LogP contribution >= 0.6 is 0 Å². The van der Waals surface area contributed by atoms with Crippen molar-refractivity contribution in [2.24, 2.45) is 0 Å². The highest BCUT2D eigenvalue weighted by atomic mass is 16.7. The van der Waals surface area contributed by atoms with Gasteiger partial charge in [0.25, 0.3) is 0 Å². The van der Waals surface area contributed by atoms with E-state index in [2.05, 4.69) is 9.97 Å². The molecule has 0 aromatic carbocycles. The lowest BCUT2D eigenvalue weighted by Crippen LogP contribution is -2.41. The topological polar surface area (TPSA) is 73.7 Å². The van der Waals surface area contributed by atoms with E-state index in [1.165, 1.54) is 0 Å². The van der Waals surface area contributed by atoms with Gasteiger partial charge >= 0.3 is 7.12 Å². The van der Waals surface area contributed by atoms with Crippen molar-refractivity contribution >= 4 is 12.6 Å². The fourth-order valence-corrected chi connectivity index (χ4v) is 2.39. The second kappa shape index (κ2) is 6.75. The molecule has 0 saturated carbocycles. The Hall–Kier alpha value is -1.96. The summed E-state index contributed by atoms with van der Waals surface area (Å²) < 4.78 is 17.7. The Morgan fingerprint density at radius 1 is 1.00 bits per heavy atom. The van der Waals surface area contributed by atoms with Crippen LogP contribution in [0, 0.1) is 0 Å². The molecule has 0 atom stereocenters. The number of nitrogens with zero attached hydrogens (tertiary/aromatic N) is 2. The molecule has 0 unspecified atom stereocenters. The number of ether oxygens (including phenoxy) is 1. The van der Waals surface area contributed by atoms with Gasteiger partial charge in [0.1, 0.15) is 6.61 Å². The molecule has 6 nitrogen and oxygen atoms in total. The molecule has 0 bridgehead atoms. The van der Waals surface area contributed by atoms with Crippen LogP contribution in [0.5, 0.6) is 5.88 Å². The third-order valence-electron chi connectivity index (χ3n) is 4.72. The summed E-state index contributed by atoms with van der Waals surface area (Å²) in [7, 11) is -0.429. The highest BCUT2D eigenvalue weighted by Gasteiger charge is 2.51. The summed E-state index contributed by atoms with van der Waals surface area (Å²) in [6.45, 7) is 8.38. The number of aliphatic hydroxyl groups is 1. The Labute approximate surface area is 148 Å². The van der Waals surface area contributed by atoms with Crippen molar-refractivity contribution in [3.63, 3.8) is 0 Å². The predicted molar refractivity (Wildman–Crippen MR) is 94.4 cm³/mol. The molecule has 0 amide bonds. The van der Waals surface area contributed by atoms with Crippen LogP contribution in [0.25, 0.3) is 0 Å². The highest BCUT2D eigenvalue weighted by Crippen LogP contribution is 2.36. The number of aliphatic hydroxyl groups excluding tert-OH is 1. The number of rotatable bonds is 5. The quantitative estimate of drug-likeness (QED) is 0.836. The molecule has 1 aliphatic heterocycles. The Balaban J connectivity index is 1.61. The Bertz CT molecular complexity index is 701. The Morgan fingerprint density at radius 3 is 2.24 bits per heavy atom. The molecule has 0 radical (unpaired) electrons. The monoisotopic (exact) mass is 342 g/mol. The minimum Gasteiger partial charge on any atom is -0.473 e. The normalized spacial score (nSPS) is 18.4. The van der Waals surface area contributed by atoms with Crippen molar-refractivity contribution in [3.05, 3.63) is 47.9 Å². The second-order valence-electron chi connectivity index (χ2n) is 7.12. The summed E-state index contributed by atoms with van der Waals surface area (Å²) in [4.78, 5) is 8.44. The zero-order chi connectivity index (χ0) is 18.1. The summed E-state index contributed by atoms with van der Waals surface area (Å²) in [6, 6.07) is 7.35. The van der Waals surface area contributed by atoms with Crippen molar-refractivity contribution in [1.82, 2.24) is 9.97 Å². The van der Waals surface area contributed by atoms with E-state index < -0.39 is 7.12 Å². The van der Waals surface area contributed by atoms with Gasteiger partial charge in [0.15, 0.2) is 0 Å². The molecular formula is C18H23BN2O4. The lowest BCUT2D eigenvalue weighted by molar-refractivity contribution is 0.00578. The molecule has 0 spiro atoms. The van der Waals surface area contributed by atoms with Gasteiger partial charge in [-0.1, -0.05) is 12.1 Å². The third kappa shape index (κ3) is 3.84. The summed E-state index contributed by atoms with van der Waals surface area (Å²) in [5.41, 5.74) is 1.66. The molecule has 2 aromatic rings. The molecule has 1 saturated heterocycles. The fourth-order valence-electron chi connectivity index (χ4n) is 2.39. The second-order valence-corrected chi connectivity index (χ2v) is 7.12. The third-order valence-corrected chi connectivity index (χ3v) is 4.72. The van der Waals surface area contributed by atoms with E-state index in [9.17, 15) is 0 Å². The first-order valence-electron chi connectivity index (χ1n) is 8.30. The predicted octanol–water partition coefficient (Wildman–Crippen LogP) is 1.85. The van der Waals surface area contributed by atoms with E-state index in [0.717, 1.165) is 11.0 Å². The van der Waals surface area contributed by atoms with Gasteiger partial charge in [-0.05, 0) is 39.8 Å². The summed E-state index contributed by atoms with van der Waals surface area (Å²) >= 11 is 0. The Morgan fingerprint density at radius 2 is 1.72 bits per heavy atom. The molecule has 1 aliphatic rings. The molecule has 1 N–H and O–H groups in total. The number of pyridine rings is 2. The van der Waals surface area contributed by atoms with Crippen LogP contribution in [-0.4, -0.2) is 33.4 Å². The fraction of sp³-hybridized carbons (Fsp3) is 0.444. The van der Waals surface area contributed by atoms with Gasteiger partial charge in [-0.2, -0.15) is 0 Å². The average molecular weight is 342 g/mol. The van der Waals surface area contributed by atoms with Gasteiger partial charge in [0.05, 0.1) is 23.5 Å². The van der Waals surface area contributed by atoms with E-state index >= 15 is 0 Å². The molecule has 3 rings (SSSR count). The summed E-state index contributed by atoms with van der Waals surface area (Å²) in [6.07, 6.45) is 3.40. The van der Waals surface area contributed by atoms with Gasteiger partial charge < -0.3 is 19.2 Å². The maximum Gasteiger partial charge on any atom is 0.496 e. The lowest BCUT2D eigenvalue weighted by atomic mass is 9.80. The van der Waals surface area contributed by atoms with Crippen LogP contribution in [0.4, 0.5) is 0 Å². The van der Waals surface area contributed by atoms with Crippen LogP contribution in [0.1, 0.15) is 39.0 Å². The maximum absolute atomic E-state index is 8.99. The van der Waals surface area contributed by atoms with Gasteiger partial charge in [-0.25, -0.2) is 4.98 Å². The van der Waals surface area contributed by atoms with Crippen LogP contribution in [0.3, 0.4) is 0 Å². The molecule has 3 heterocycles. The van der Waals surface area contributed by atoms with Crippen molar-refractivity contribution in [1.29, 1.82) is 0 Å². The van der Waals surface area contributed by atoms with Crippen LogP contribution in [0.15, 0.2) is 36.7 Å². The molecule has 7 heteroatoms. The average Bonchev–Trinajstić information content (AvgIpc) is 2.82. The molecule has 1 fully saturated rings. The summed E-state index contributed by atoms with van der Waals surface area (Å²) in [5, 5.41) is 8.99. The zero-order valence-corrected chi connectivity index (χ0v) is 15.0. The highest BCUT2D eigenvalue weighted by molar-refractivity contribution is 6.62. The van der Waals surface area contributed by atoms with Crippen molar-refractivity contribution in [3.8, 4) is 5.88 Å². The molecule has 2 aromatic heterocycles. The van der Waals surface area contributed by atoms with E-state index in [0.29, 0.717) is 18.2 Å². The molecule has 25 heavy (non-hydrogen) atoms. The van der Waals surface area contributed by atoms with Gasteiger partial charge in [-0.15, -0.1) is 0 Å². The molecule has 0 aliphatic carbocycles. The van der Waals surface area contributed by atoms with E-state index in [-0.39, 0.29) is 17.8 Å². The molecule has 132 valence electrons. The number of hydrogen-bond acceptors (Lipinski definition) is 6. The van der Waals surface area contributed by atoms with Crippen molar-refractivity contribution in [2.45, 2.75) is 52.1 Å². The smallest absolute Gasteiger partial charge is 0.473 e. The van der Waals surface area contributed by atoms with Crippen LogP contribution < -0.4 is 10.2 Å². The standard InChI is InChI=1S/C18H23BN2O4/c1-17(2)18(3,4)25-19(24-17)14-6-8-16(21-10-14)23-12-13-5-7-15(11-22)20-9-13/h5-10,22H,11-12H2,1-4H3. The number of aromatic nitrogens is 2. The lowest BCUT2D eigenvalue weighted by Gasteiger charge is -2.32. The van der Waals surface area contributed by atoms with Gasteiger partial charge in [0, 0.05) is 23.4 Å². The van der Waals surface area contributed by atoms with Crippen molar-refractivity contribution < 1.29 is 19.2 Å². The minimum atomic E-state index is -0.429. The van der Waals surface area contributed by atoms with Crippen molar-refractivity contribution in [2.75, 3.05) is 0 Å². The van der Waals surface area contributed by atoms with E-state index in [1.807, 2.05) is 39.8 Å². The first-order chi connectivity index (χ1) is 11.8. The first kappa shape index (κ1) is 17.9. The maximum atomic E-state index is 8.99. The minimum absolute atomic E-state index is 0.0664. The SMILES string of the molecule is CC1(C)OB(c2ccc(OCc3ccc(CO)nc3)nc2)OC1(C)C. The first-order valence-corrected chi connectivity index (χ1v) is 8.30. The zero-order valence-electron chi connectivity index (χ0n) is 15.0.